The summed E-state index contributed by atoms with van der Waals surface area (Å²) >= 11 is 7.08. The zero-order chi connectivity index (χ0) is 15.7. The van der Waals surface area contributed by atoms with Gasteiger partial charge in [-0.25, -0.2) is 15.0 Å². The van der Waals surface area contributed by atoms with Gasteiger partial charge < -0.3 is 4.57 Å². The third-order valence-electron chi connectivity index (χ3n) is 2.83. The number of rotatable bonds is 3. The molecule has 3 aromatic rings. The first-order chi connectivity index (χ1) is 10.4. The van der Waals surface area contributed by atoms with E-state index in [1.807, 2.05) is 0 Å². The molecule has 4 nitrogen and oxygen atoms in total. The van der Waals surface area contributed by atoms with Crippen molar-refractivity contribution in [2.45, 2.75) is 12.7 Å². The van der Waals surface area contributed by atoms with Crippen molar-refractivity contribution in [2.75, 3.05) is 0 Å². The lowest BCUT2D eigenvalue weighted by molar-refractivity contribution is -0.140. The van der Waals surface area contributed by atoms with E-state index in [1.165, 1.54) is 28.3 Å². The van der Waals surface area contributed by atoms with Gasteiger partial charge in [-0.1, -0.05) is 11.6 Å². The summed E-state index contributed by atoms with van der Waals surface area (Å²) in [6.07, 6.45) is -0.743. The molecule has 0 aliphatic heterocycles. The molecule has 0 saturated heterocycles. The highest BCUT2D eigenvalue weighted by Crippen LogP contribution is 2.31. The summed E-state index contributed by atoms with van der Waals surface area (Å²) in [6.45, 7) is 0.0748. The first-order valence-electron chi connectivity index (χ1n) is 6.07. The van der Waals surface area contributed by atoms with Crippen molar-refractivity contribution in [3.8, 4) is 11.4 Å². The van der Waals surface area contributed by atoms with Crippen molar-refractivity contribution in [2.24, 2.45) is 0 Å². The van der Waals surface area contributed by atoms with Gasteiger partial charge in [0.15, 0.2) is 5.69 Å². The van der Waals surface area contributed by atoms with Crippen LogP contribution < -0.4 is 0 Å². The Morgan fingerprint density at radius 1 is 1.23 bits per heavy atom. The fraction of sp³-hybridized carbons (Fsp3) is 0.154. The molecule has 0 bridgehead atoms. The average molecular weight is 345 g/mol. The van der Waals surface area contributed by atoms with Crippen molar-refractivity contribution < 1.29 is 13.2 Å². The van der Waals surface area contributed by atoms with E-state index < -0.39 is 11.9 Å². The second-order valence-electron chi connectivity index (χ2n) is 4.40. The van der Waals surface area contributed by atoms with Crippen LogP contribution in [0.25, 0.3) is 11.4 Å². The largest absolute Gasteiger partial charge is 0.434 e. The van der Waals surface area contributed by atoms with Crippen LogP contribution in [0.3, 0.4) is 0 Å². The Hall–Kier alpha value is -1.93. The van der Waals surface area contributed by atoms with Gasteiger partial charge >= 0.3 is 6.18 Å². The minimum absolute atomic E-state index is 0.0748. The van der Waals surface area contributed by atoms with Gasteiger partial charge in [0.25, 0.3) is 0 Å². The van der Waals surface area contributed by atoms with E-state index in [2.05, 4.69) is 15.0 Å². The Kier molecular flexibility index (Phi) is 3.88. The minimum atomic E-state index is -4.50. The molecule has 0 aliphatic rings. The lowest BCUT2D eigenvalue weighted by Crippen LogP contribution is -2.06. The van der Waals surface area contributed by atoms with Gasteiger partial charge in [-0.05, 0) is 11.4 Å². The van der Waals surface area contributed by atoms with Gasteiger partial charge in [0.05, 0.1) is 11.6 Å². The summed E-state index contributed by atoms with van der Waals surface area (Å²) in [7, 11) is 0. The van der Waals surface area contributed by atoms with Gasteiger partial charge in [-0.2, -0.15) is 24.5 Å². The lowest BCUT2D eigenvalue weighted by atomic mass is 10.3. The molecule has 9 heteroatoms. The molecule has 0 aliphatic carbocycles. The average Bonchev–Trinajstić information content (AvgIpc) is 3.09. The van der Waals surface area contributed by atoms with Gasteiger partial charge in [0.1, 0.15) is 11.6 Å². The van der Waals surface area contributed by atoms with Gasteiger partial charge in [-0.3, -0.25) is 0 Å². The zero-order valence-corrected chi connectivity index (χ0v) is 12.5. The van der Waals surface area contributed by atoms with Crippen LogP contribution in [-0.2, 0) is 12.7 Å². The third-order valence-corrected chi connectivity index (χ3v) is 3.71. The molecule has 0 radical (unpaired) electrons. The Labute approximate surface area is 132 Å². The second-order valence-corrected chi connectivity index (χ2v) is 5.62. The Morgan fingerprint density at radius 2 is 1.95 bits per heavy atom. The summed E-state index contributed by atoms with van der Waals surface area (Å²) in [4.78, 5) is 11.7. The fourth-order valence-corrected chi connectivity index (χ4v) is 2.60. The van der Waals surface area contributed by atoms with Crippen LogP contribution in [0.4, 0.5) is 13.2 Å². The topological polar surface area (TPSA) is 43.6 Å². The maximum Gasteiger partial charge on any atom is 0.434 e. The van der Waals surface area contributed by atoms with Gasteiger partial charge in [0.2, 0.25) is 0 Å². The smallest absolute Gasteiger partial charge is 0.323 e. The Balaban J connectivity index is 2.01. The Morgan fingerprint density at radius 3 is 2.55 bits per heavy atom. The van der Waals surface area contributed by atoms with E-state index in [0.29, 0.717) is 16.4 Å². The summed E-state index contributed by atoms with van der Waals surface area (Å²) < 4.78 is 40.1. The molecule has 114 valence electrons. The molecular weight excluding hydrogens is 337 g/mol. The van der Waals surface area contributed by atoms with Crippen LogP contribution >= 0.6 is 22.9 Å². The SMILES string of the molecule is FC(F)(F)c1cn(Cc2ncc(Cl)cn2)c(-c2ccsc2)n1. The molecule has 0 N–H and O–H groups in total. The first kappa shape index (κ1) is 15.0. The van der Waals surface area contributed by atoms with E-state index in [0.717, 1.165) is 6.20 Å². The number of hydrogen-bond acceptors (Lipinski definition) is 4. The number of imidazole rings is 1. The molecule has 22 heavy (non-hydrogen) atoms. The first-order valence-corrected chi connectivity index (χ1v) is 7.39. The van der Waals surface area contributed by atoms with Crippen LogP contribution in [0, 0.1) is 0 Å². The quantitative estimate of drug-likeness (QED) is 0.717. The maximum absolute atomic E-state index is 12.9. The summed E-state index contributed by atoms with van der Waals surface area (Å²) in [5, 5.41) is 3.88. The van der Waals surface area contributed by atoms with Crippen LogP contribution in [0.1, 0.15) is 11.5 Å². The summed E-state index contributed by atoms with van der Waals surface area (Å²) in [5.74, 6) is 0.583. The molecule has 3 heterocycles. The molecule has 0 amide bonds. The van der Waals surface area contributed by atoms with Crippen LogP contribution in [0.15, 0.2) is 35.4 Å². The number of thiophene rings is 1. The number of halogens is 4. The lowest BCUT2D eigenvalue weighted by Gasteiger charge is -2.05. The molecule has 0 spiro atoms. The highest BCUT2D eigenvalue weighted by atomic mass is 35.5. The Bertz CT molecular complexity index is 766. The molecule has 3 aromatic heterocycles. The van der Waals surface area contributed by atoms with Gasteiger partial charge in [-0.15, -0.1) is 0 Å². The number of alkyl halides is 3. The predicted molar refractivity (Wildman–Crippen MR) is 76.7 cm³/mol. The van der Waals surface area contributed by atoms with E-state index in [9.17, 15) is 13.2 Å². The molecular formula is C13H8ClF3N4S. The number of aromatic nitrogens is 4. The van der Waals surface area contributed by atoms with Crippen molar-refractivity contribution in [1.29, 1.82) is 0 Å². The molecule has 0 aromatic carbocycles. The van der Waals surface area contributed by atoms with Crippen LogP contribution in [0.5, 0.6) is 0 Å². The molecule has 0 atom stereocenters. The normalized spacial score (nSPS) is 11.8. The minimum Gasteiger partial charge on any atom is -0.323 e. The van der Waals surface area contributed by atoms with Crippen LogP contribution in [0.2, 0.25) is 5.02 Å². The standard InChI is InChI=1S/C13H8ClF3N4S/c14-9-3-18-11(19-4-9)6-21-5-10(13(15,16)17)20-12(21)8-1-2-22-7-8/h1-5,7H,6H2. The number of nitrogens with zero attached hydrogens (tertiary/aromatic N) is 4. The molecule has 0 unspecified atom stereocenters. The van der Waals surface area contributed by atoms with Crippen molar-refractivity contribution in [1.82, 2.24) is 19.5 Å². The fourth-order valence-electron chi connectivity index (χ4n) is 1.87. The zero-order valence-electron chi connectivity index (χ0n) is 10.9. The predicted octanol–water partition coefficient (Wildman–Crippen LogP) is 4.12. The molecule has 0 saturated carbocycles. The van der Waals surface area contributed by atoms with Gasteiger partial charge in [0, 0.05) is 29.5 Å². The molecule has 3 rings (SSSR count). The highest BCUT2D eigenvalue weighted by Gasteiger charge is 2.35. The summed E-state index contributed by atoms with van der Waals surface area (Å²) in [6, 6.07) is 1.71. The van der Waals surface area contributed by atoms with Crippen molar-refractivity contribution in [3.63, 3.8) is 0 Å². The monoisotopic (exact) mass is 344 g/mol. The molecule has 0 fully saturated rings. The van der Waals surface area contributed by atoms with Crippen molar-refractivity contribution >= 4 is 22.9 Å². The summed E-state index contributed by atoms with van der Waals surface area (Å²) in [5.41, 5.74) is -0.322. The van der Waals surface area contributed by atoms with E-state index in [-0.39, 0.29) is 12.4 Å². The highest BCUT2D eigenvalue weighted by molar-refractivity contribution is 7.08. The maximum atomic E-state index is 12.9. The van der Waals surface area contributed by atoms with E-state index in [4.69, 9.17) is 11.6 Å². The number of hydrogen-bond donors (Lipinski definition) is 0. The third kappa shape index (κ3) is 3.12. The van der Waals surface area contributed by atoms with Crippen LogP contribution in [-0.4, -0.2) is 19.5 Å². The van der Waals surface area contributed by atoms with E-state index in [1.54, 1.807) is 16.8 Å². The second kappa shape index (κ2) is 5.69. The van der Waals surface area contributed by atoms with E-state index >= 15 is 0 Å². The van der Waals surface area contributed by atoms with Crippen molar-refractivity contribution in [3.05, 3.63) is 52.0 Å².